The zero-order chi connectivity index (χ0) is 14.2. The van der Waals surface area contributed by atoms with Crippen molar-refractivity contribution in [2.75, 3.05) is 19.8 Å². The lowest BCUT2D eigenvalue weighted by atomic mass is 10.1. The van der Waals surface area contributed by atoms with Gasteiger partial charge in [0.25, 0.3) is 0 Å². The van der Waals surface area contributed by atoms with Crippen molar-refractivity contribution < 1.29 is 14.3 Å². The van der Waals surface area contributed by atoms with E-state index < -0.39 is 0 Å². The number of benzene rings is 2. The van der Waals surface area contributed by atoms with Gasteiger partial charge in [0, 0.05) is 10.0 Å². The van der Waals surface area contributed by atoms with Gasteiger partial charge in [0.1, 0.15) is 19.0 Å². The first-order valence-electron chi connectivity index (χ1n) is 6.30. The van der Waals surface area contributed by atoms with Crippen LogP contribution in [0.4, 0.5) is 0 Å². The molecule has 2 aromatic rings. The Balaban J connectivity index is 1.69. The van der Waals surface area contributed by atoms with Gasteiger partial charge in [-0.2, -0.15) is 0 Å². The van der Waals surface area contributed by atoms with Crippen molar-refractivity contribution in [3.8, 4) is 5.75 Å². The van der Waals surface area contributed by atoms with E-state index in [1.807, 2.05) is 48.5 Å². The molecule has 20 heavy (non-hydrogen) atoms. The number of hydrogen-bond acceptors (Lipinski definition) is 3. The predicted molar refractivity (Wildman–Crippen MR) is 81.2 cm³/mol. The minimum absolute atomic E-state index is 0.0443. The second-order valence-electron chi connectivity index (χ2n) is 4.12. The molecule has 0 aliphatic rings. The number of carbonyl (C=O) groups is 1. The van der Waals surface area contributed by atoms with E-state index in [1.54, 1.807) is 6.07 Å². The second kappa shape index (κ2) is 7.82. The SMILES string of the molecule is O=C(COCCOc1ccccc1)c1ccccc1Br. The van der Waals surface area contributed by atoms with Crippen LogP contribution in [0.3, 0.4) is 0 Å². The summed E-state index contributed by atoms with van der Waals surface area (Å²) >= 11 is 3.35. The highest BCUT2D eigenvalue weighted by atomic mass is 79.9. The Morgan fingerprint density at radius 2 is 1.65 bits per heavy atom. The quantitative estimate of drug-likeness (QED) is 0.571. The van der Waals surface area contributed by atoms with Crippen LogP contribution < -0.4 is 4.74 Å². The minimum atomic E-state index is -0.0443. The van der Waals surface area contributed by atoms with Gasteiger partial charge in [0.15, 0.2) is 5.78 Å². The standard InChI is InChI=1S/C16H15BrO3/c17-15-9-5-4-8-14(15)16(18)12-19-10-11-20-13-6-2-1-3-7-13/h1-9H,10-12H2. The number of hydrogen-bond donors (Lipinski definition) is 0. The monoisotopic (exact) mass is 334 g/mol. The van der Waals surface area contributed by atoms with Crippen molar-refractivity contribution in [2.45, 2.75) is 0 Å². The number of Topliss-reactive ketones (excluding diaryl/α,β-unsaturated/α-hetero) is 1. The van der Waals surface area contributed by atoms with Crippen LogP contribution >= 0.6 is 15.9 Å². The summed E-state index contributed by atoms with van der Waals surface area (Å²) in [4.78, 5) is 11.9. The van der Waals surface area contributed by atoms with E-state index in [-0.39, 0.29) is 12.4 Å². The van der Waals surface area contributed by atoms with Crippen LogP contribution in [0.1, 0.15) is 10.4 Å². The van der Waals surface area contributed by atoms with Gasteiger partial charge in [-0.25, -0.2) is 0 Å². The molecule has 0 amide bonds. The first kappa shape index (κ1) is 14.8. The molecule has 0 bridgehead atoms. The Morgan fingerprint density at radius 3 is 2.40 bits per heavy atom. The molecule has 4 heteroatoms. The smallest absolute Gasteiger partial charge is 0.189 e. The fourth-order valence-corrected chi connectivity index (χ4v) is 2.17. The van der Waals surface area contributed by atoms with Crippen molar-refractivity contribution in [3.05, 3.63) is 64.6 Å². The summed E-state index contributed by atoms with van der Waals surface area (Å²) < 4.78 is 11.6. The lowest BCUT2D eigenvalue weighted by Crippen LogP contribution is -2.14. The third kappa shape index (κ3) is 4.47. The van der Waals surface area contributed by atoms with Crippen LogP contribution in [0.15, 0.2) is 59.1 Å². The average molecular weight is 335 g/mol. The third-order valence-corrected chi connectivity index (χ3v) is 3.34. The molecule has 0 fully saturated rings. The van der Waals surface area contributed by atoms with Gasteiger partial charge in [0.05, 0.1) is 6.61 Å². The van der Waals surface area contributed by atoms with E-state index in [1.165, 1.54) is 0 Å². The number of rotatable bonds is 7. The number of ether oxygens (including phenoxy) is 2. The first-order chi connectivity index (χ1) is 9.77. The molecule has 0 N–H and O–H groups in total. The Labute approximate surface area is 126 Å². The zero-order valence-corrected chi connectivity index (χ0v) is 12.5. The van der Waals surface area contributed by atoms with E-state index in [2.05, 4.69) is 15.9 Å². The van der Waals surface area contributed by atoms with Gasteiger partial charge in [-0.1, -0.05) is 52.3 Å². The summed E-state index contributed by atoms with van der Waals surface area (Å²) in [5.74, 6) is 0.755. The van der Waals surface area contributed by atoms with E-state index in [0.717, 1.165) is 10.2 Å². The molecule has 0 aliphatic carbocycles. The van der Waals surface area contributed by atoms with E-state index >= 15 is 0 Å². The first-order valence-corrected chi connectivity index (χ1v) is 7.10. The Morgan fingerprint density at radius 1 is 0.950 bits per heavy atom. The molecule has 2 rings (SSSR count). The van der Waals surface area contributed by atoms with Gasteiger partial charge in [0.2, 0.25) is 0 Å². The topological polar surface area (TPSA) is 35.5 Å². The number of carbonyl (C=O) groups excluding carboxylic acids is 1. The molecule has 0 radical (unpaired) electrons. The van der Waals surface area contributed by atoms with Gasteiger partial charge in [-0.3, -0.25) is 4.79 Å². The molecule has 0 unspecified atom stereocenters. The van der Waals surface area contributed by atoms with Gasteiger partial charge in [-0.05, 0) is 18.2 Å². The van der Waals surface area contributed by atoms with E-state index in [9.17, 15) is 4.79 Å². The third-order valence-electron chi connectivity index (χ3n) is 2.65. The lowest BCUT2D eigenvalue weighted by Gasteiger charge is -2.07. The van der Waals surface area contributed by atoms with Crippen LogP contribution in [0.25, 0.3) is 0 Å². The Bertz CT molecular complexity index is 555. The Hall–Kier alpha value is -1.65. The van der Waals surface area contributed by atoms with Gasteiger partial charge >= 0.3 is 0 Å². The summed E-state index contributed by atoms with van der Waals surface area (Å²) in [5.41, 5.74) is 0.636. The molecule has 0 saturated carbocycles. The second-order valence-corrected chi connectivity index (χ2v) is 4.97. The van der Waals surface area contributed by atoms with Crippen LogP contribution in [-0.4, -0.2) is 25.6 Å². The van der Waals surface area contributed by atoms with Crippen molar-refractivity contribution in [3.63, 3.8) is 0 Å². The lowest BCUT2D eigenvalue weighted by molar-refractivity contribution is 0.0687. The Kier molecular flexibility index (Phi) is 5.77. The molecule has 0 aromatic heterocycles. The van der Waals surface area contributed by atoms with Crippen molar-refractivity contribution >= 4 is 21.7 Å². The summed E-state index contributed by atoms with van der Waals surface area (Å²) in [5, 5.41) is 0. The highest BCUT2D eigenvalue weighted by Gasteiger charge is 2.08. The van der Waals surface area contributed by atoms with Gasteiger partial charge in [-0.15, -0.1) is 0 Å². The summed E-state index contributed by atoms with van der Waals surface area (Å²) in [6.07, 6.45) is 0. The maximum absolute atomic E-state index is 11.9. The van der Waals surface area contributed by atoms with Crippen LogP contribution in [0.2, 0.25) is 0 Å². The van der Waals surface area contributed by atoms with Crippen molar-refractivity contribution in [1.82, 2.24) is 0 Å². The highest BCUT2D eigenvalue weighted by Crippen LogP contribution is 2.16. The largest absolute Gasteiger partial charge is 0.491 e. The van der Waals surface area contributed by atoms with Crippen molar-refractivity contribution in [2.24, 2.45) is 0 Å². The molecule has 0 heterocycles. The maximum atomic E-state index is 11.9. The molecule has 0 aliphatic heterocycles. The summed E-state index contributed by atoms with van der Waals surface area (Å²) in [7, 11) is 0. The van der Waals surface area contributed by atoms with Crippen LogP contribution in [-0.2, 0) is 4.74 Å². The summed E-state index contributed by atoms with van der Waals surface area (Å²) in [6.45, 7) is 0.860. The number of ketones is 1. The number of para-hydroxylation sites is 1. The molecule has 0 atom stereocenters. The summed E-state index contributed by atoms with van der Waals surface area (Å²) in [6, 6.07) is 16.8. The molecule has 0 spiro atoms. The highest BCUT2D eigenvalue weighted by molar-refractivity contribution is 9.10. The predicted octanol–water partition coefficient (Wildman–Crippen LogP) is 3.73. The van der Waals surface area contributed by atoms with Crippen LogP contribution in [0, 0.1) is 0 Å². The molecular weight excluding hydrogens is 320 g/mol. The zero-order valence-electron chi connectivity index (χ0n) is 10.9. The molecule has 104 valence electrons. The molecule has 3 nitrogen and oxygen atoms in total. The molecule has 2 aromatic carbocycles. The van der Waals surface area contributed by atoms with Crippen LogP contribution in [0.5, 0.6) is 5.75 Å². The maximum Gasteiger partial charge on any atom is 0.189 e. The molecule has 0 saturated heterocycles. The van der Waals surface area contributed by atoms with E-state index in [0.29, 0.717) is 18.8 Å². The fraction of sp³-hybridized carbons (Fsp3) is 0.188. The van der Waals surface area contributed by atoms with E-state index in [4.69, 9.17) is 9.47 Å². The minimum Gasteiger partial charge on any atom is -0.491 e. The normalized spacial score (nSPS) is 10.2. The van der Waals surface area contributed by atoms with Crippen molar-refractivity contribution in [1.29, 1.82) is 0 Å². The average Bonchev–Trinajstić information content (AvgIpc) is 2.48. The fourth-order valence-electron chi connectivity index (χ4n) is 1.67. The van der Waals surface area contributed by atoms with Gasteiger partial charge < -0.3 is 9.47 Å². The number of halogens is 1. The molecular formula is C16H15BrO3.